The summed E-state index contributed by atoms with van der Waals surface area (Å²) in [5, 5.41) is 0.764. The molecule has 1 aromatic carbocycles. The lowest BCUT2D eigenvalue weighted by Crippen LogP contribution is -2.34. The van der Waals surface area contributed by atoms with E-state index in [0.29, 0.717) is 6.54 Å². The molecule has 0 saturated carbocycles. The van der Waals surface area contributed by atoms with Gasteiger partial charge in [0, 0.05) is 18.5 Å². The van der Waals surface area contributed by atoms with E-state index in [4.69, 9.17) is 22.3 Å². The highest BCUT2D eigenvalue weighted by Crippen LogP contribution is 2.32. The Hall–Kier alpha value is -1.06. The first-order valence-electron chi connectivity index (χ1n) is 6.92. The average molecular weight is 280 g/mol. The van der Waals surface area contributed by atoms with Gasteiger partial charge >= 0.3 is 0 Å². The molecule has 0 amide bonds. The van der Waals surface area contributed by atoms with Crippen molar-refractivity contribution in [1.82, 2.24) is 9.55 Å². The van der Waals surface area contributed by atoms with E-state index in [2.05, 4.69) is 25.3 Å². The van der Waals surface area contributed by atoms with Gasteiger partial charge in [0.15, 0.2) is 0 Å². The summed E-state index contributed by atoms with van der Waals surface area (Å²) >= 11 is 6.36. The fourth-order valence-electron chi connectivity index (χ4n) is 2.44. The van der Waals surface area contributed by atoms with E-state index in [9.17, 15) is 0 Å². The molecule has 2 N–H and O–H groups in total. The van der Waals surface area contributed by atoms with Gasteiger partial charge < -0.3 is 10.3 Å². The summed E-state index contributed by atoms with van der Waals surface area (Å²) in [4.78, 5) is 4.80. The molecule has 2 rings (SSSR count). The van der Waals surface area contributed by atoms with Gasteiger partial charge in [-0.25, -0.2) is 4.98 Å². The van der Waals surface area contributed by atoms with E-state index in [1.807, 2.05) is 18.2 Å². The molecule has 4 heteroatoms. The van der Waals surface area contributed by atoms with Crippen LogP contribution in [0.15, 0.2) is 18.2 Å². The first kappa shape index (κ1) is 14.4. The van der Waals surface area contributed by atoms with Gasteiger partial charge in [-0.3, -0.25) is 0 Å². The van der Waals surface area contributed by atoms with Gasteiger partial charge in [-0.15, -0.1) is 0 Å². The second-order valence-corrected chi connectivity index (χ2v) is 5.72. The summed E-state index contributed by atoms with van der Waals surface area (Å²) < 4.78 is 2.24. The molecule has 0 bridgehead atoms. The van der Waals surface area contributed by atoms with Crippen LogP contribution in [0, 0.1) is 0 Å². The molecule has 19 heavy (non-hydrogen) atoms. The molecule has 1 aromatic heterocycles. The van der Waals surface area contributed by atoms with Crippen molar-refractivity contribution < 1.29 is 0 Å². The van der Waals surface area contributed by atoms with Crippen molar-refractivity contribution in [1.29, 1.82) is 0 Å². The van der Waals surface area contributed by atoms with Crippen LogP contribution in [0.4, 0.5) is 0 Å². The highest BCUT2D eigenvalue weighted by atomic mass is 35.5. The van der Waals surface area contributed by atoms with Crippen molar-refractivity contribution >= 4 is 22.6 Å². The smallest absolute Gasteiger partial charge is 0.117 e. The Kier molecular flexibility index (Phi) is 4.16. The highest BCUT2D eigenvalue weighted by molar-refractivity contribution is 6.35. The largest absolute Gasteiger partial charge is 0.329 e. The second-order valence-electron chi connectivity index (χ2n) is 5.31. The van der Waals surface area contributed by atoms with Gasteiger partial charge in [0.25, 0.3) is 0 Å². The van der Waals surface area contributed by atoms with E-state index in [1.54, 1.807) is 0 Å². The number of nitrogens with zero attached hydrogens (tertiary/aromatic N) is 2. The van der Waals surface area contributed by atoms with Crippen LogP contribution in [0.3, 0.4) is 0 Å². The van der Waals surface area contributed by atoms with Gasteiger partial charge in [-0.2, -0.15) is 0 Å². The minimum Gasteiger partial charge on any atom is -0.329 e. The third-order valence-electron chi connectivity index (χ3n) is 3.94. The molecule has 1 heterocycles. The molecule has 0 spiro atoms. The third-order valence-corrected chi connectivity index (χ3v) is 4.24. The number of halogens is 1. The first-order valence-corrected chi connectivity index (χ1v) is 7.30. The highest BCUT2D eigenvalue weighted by Gasteiger charge is 2.29. The van der Waals surface area contributed by atoms with E-state index in [-0.39, 0.29) is 5.41 Å². The summed E-state index contributed by atoms with van der Waals surface area (Å²) in [6, 6.07) is 5.89. The summed E-state index contributed by atoms with van der Waals surface area (Å²) in [5.74, 6) is 1.06. The second kappa shape index (κ2) is 5.51. The Labute approximate surface area is 119 Å². The van der Waals surface area contributed by atoms with Crippen LogP contribution in [0.2, 0.25) is 5.02 Å². The molecule has 1 atom stereocenters. The lowest BCUT2D eigenvalue weighted by atomic mass is 9.86. The molecule has 0 saturated heterocycles. The molecular weight excluding hydrogens is 258 g/mol. The van der Waals surface area contributed by atoms with Crippen LogP contribution in [0.1, 0.15) is 39.4 Å². The van der Waals surface area contributed by atoms with Crippen LogP contribution in [0.5, 0.6) is 0 Å². The fourth-order valence-corrected chi connectivity index (χ4v) is 2.71. The van der Waals surface area contributed by atoms with E-state index >= 15 is 0 Å². The Balaban J connectivity index is 2.73. The predicted octanol–water partition coefficient (Wildman–Crippen LogP) is 3.73. The Morgan fingerprint density at radius 1 is 1.37 bits per heavy atom. The number of rotatable bonds is 5. The normalized spacial score (nSPS) is 14.8. The average Bonchev–Trinajstić information content (AvgIpc) is 2.79. The maximum atomic E-state index is 6.36. The quantitative estimate of drug-likeness (QED) is 0.906. The minimum absolute atomic E-state index is 0.0997. The van der Waals surface area contributed by atoms with Gasteiger partial charge in [0.05, 0.1) is 16.1 Å². The summed E-state index contributed by atoms with van der Waals surface area (Å²) in [5.41, 5.74) is 7.89. The zero-order valence-electron chi connectivity index (χ0n) is 11.9. The minimum atomic E-state index is -0.0997. The first-order chi connectivity index (χ1) is 9.07. The van der Waals surface area contributed by atoms with Crippen molar-refractivity contribution in [3.8, 4) is 0 Å². The summed E-state index contributed by atoms with van der Waals surface area (Å²) in [6.07, 6.45) is 2.02. The fraction of sp³-hybridized carbons (Fsp3) is 0.533. The molecule has 0 aliphatic heterocycles. The van der Waals surface area contributed by atoms with Crippen LogP contribution in [-0.2, 0) is 12.0 Å². The maximum absolute atomic E-state index is 6.36. The lowest BCUT2D eigenvalue weighted by molar-refractivity contribution is 0.416. The molecule has 0 aliphatic carbocycles. The van der Waals surface area contributed by atoms with Crippen LogP contribution < -0.4 is 5.73 Å². The molecule has 104 valence electrons. The zero-order chi connectivity index (χ0) is 14.0. The molecular formula is C15H22ClN3. The Morgan fingerprint density at radius 2 is 2.11 bits per heavy atom. The van der Waals surface area contributed by atoms with Crippen molar-refractivity contribution in [2.75, 3.05) is 6.54 Å². The number of hydrogen-bond acceptors (Lipinski definition) is 2. The number of para-hydroxylation sites is 1. The van der Waals surface area contributed by atoms with Crippen molar-refractivity contribution in [2.45, 2.75) is 45.6 Å². The van der Waals surface area contributed by atoms with E-state index in [0.717, 1.165) is 41.3 Å². The number of hydrogen-bond donors (Lipinski definition) is 1. The van der Waals surface area contributed by atoms with Gasteiger partial charge in [-0.05, 0) is 25.0 Å². The SMILES string of the molecule is CCCn1c(C(C)(CC)CN)nc2cccc(Cl)c21. The molecule has 3 nitrogen and oxygen atoms in total. The predicted molar refractivity (Wildman–Crippen MR) is 81.7 cm³/mol. The number of imidazole rings is 1. The van der Waals surface area contributed by atoms with E-state index in [1.165, 1.54) is 0 Å². The monoisotopic (exact) mass is 279 g/mol. The number of fused-ring (bicyclic) bond motifs is 1. The number of aryl methyl sites for hydroxylation is 1. The van der Waals surface area contributed by atoms with Crippen LogP contribution >= 0.6 is 11.6 Å². The molecule has 2 aromatic rings. The topological polar surface area (TPSA) is 43.8 Å². The lowest BCUT2D eigenvalue weighted by Gasteiger charge is -2.26. The van der Waals surface area contributed by atoms with Crippen molar-refractivity contribution in [2.24, 2.45) is 5.73 Å². The third kappa shape index (κ3) is 2.37. The molecule has 0 radical (unpaired) electrons. The number of benzene rings is 1. The van der Waals surface area contributed by atoms with Crippen molar-refractivity contribution in [3.05, 3.63) is 29.0 Å². The van der Waals surface area contributed by atoms with Gasteiger partial charge in [0.2, 0.25) is 0 Å². The molecule has 0 aliphatic rings. The molecule has 0 fully saturated rings. The van der Waals surface area contributed by atoms with Gasteiger partial charge in [-0.1, -0.05) is 38.4 Å². The number of aromatic nitrogens is 2. The summed E-state index contributed by atoms with van der Waals surface area (Å²) in [6.45, 7) is 8.01. The zero-order valence-corrected chi connectivity index (χ0v) is 12.7. The number of nitrogens with two attached hydrogens (primary N) is 1. The standard InChI is InChI=1S/C15H22ClN3/c1-4-9-19-13-11(16)7-6-8-12(13)18-14(19)15(3,5-2)10-17/h6-8H,4-5,9-10,17H2,1-3H3. The summed E-state index contributed by atoms with van der Waals surface area (Å²) in [7, 11) is 0. The Bertz CT molecular complexity index is 570. The van der Waals surface area contributed by atoms with E-state index < -0.39 is 0 Å². The molecule has 1 unspecified atom stereocenters. The maximum Gasteiger partial charge on any atom is 0.117 e. The Morgan fingerprint density at radius 3 is 2.68 bits per heavy atom. The van der Waals surface area contributed by atoms with Gasteiger partial charge in [0.1, 0.15) is 5.82 Å². The van der Waals surface area contributed by atoms with Crippen LogP contribution in [-0.4, -0.2) is 16.1 Å². The van der Waals surface area contributed by atoms with Crippen LogP contribution in [0.25, 0.3) is 11.0 Å². The van der Waals surface area contributed by atoms with Crippen molar-refractivity contribution in [3.63, 3.8) is 0 Å².